The Balaban J connectivity index is 0.00000341. The highest BCUT2D eigenvalue weighted by atomic mass is 127. The van der Waals surface area contributed by atoms with Gasteiger partial charge in [0.2, 0.25) is 5.91 Å². The summed E-state index contributed by atoms with van der Waals surface area (Å²) >= 11 is 0. The number of nitrogens with zero attached hydrogens (tertiary/aromatic N) is 2. The maximum absolute atomic E-state index is 12.6. The van der Waals surface area contributed by atoms with E-state index in [1.54, 1.807) is 19.2 Å². The second-order valence-electron chi connectivity index (χ2n) is 7.87. The molecule has 1 amide bonds. The molecule has 0 radical (unpaired) electrons. The highest BCUT2D eigenvalue weighted by Gasteiger charge is 2.32. The number of guanidine groups is 1. The van der Waals surface area contributed by atoms with Crippen LogP contribution in [0.4, 0.5) is 13.2 Å². The van der Waals surface area contributed by atoms with Crippen molar-refractivity contribution >= 4 is 35.8 Å². The third-order valence-corrected chi connectivity index (χ3v) is 5.55. The first-order valence-electron chi connectivity index (χ1n) is 10.4. The van der Waals surface area contributed by atoms with Crippen LogP contribution in [-0.4, -0.2) is 55.7 Å². The highest BCUT2D eigenvalue weighted by Crippen LogP contribution is 2.27. The lowest BCUT2D eigenvalue weighted by atomic mass is 10.1. The number of rotatable bonds is 6. The minimum atomic E-state index is -4.35. The van der Waals surface area contributed by atoms with E-state index in [-0.39, 0.29) is 47.6 Å². The van der Waals surface area contributed by atoms with Crippen LogP contribution in [0, 0.1) is 5.92 Å². The van der Waals surface area contributed by atoms with E-state index in [2.05, 4.69) is 15.6 Å². The molecule has 0 aromatic heterocycles. The standard InChI is InChI=1S/C21H29F3N4O2.HI/c1-25-20(26-12-15-6-8-18(9-7-15)30-14-21(22,23)24)27-17-10-11-28(13-17)19(29)16-4-2-3-5-16;/h6-9,16-17H,2-5,10-14H2,1H3,(H2,25,26,27);1H. The number of alkyl halides is 3. The number of hydrogen-bond donors (Lipinski definition) is 2. The molecule has 0 spiro atoms. The van der Waals surface area contributed by atoms with Crippen LogP contribution in [0.2, 0.25) is 0 Å². The van der Waals surface area contributed by atoms with E-state index in [1.807, 2.05) is 4.90 Å². The topological polar surface area (TPSA) is 66.0 Å². The van der Waals surface area contributed by atoms with Gasteiger partial charge in [-0.25, -0.2) is 0 Å². The summed E-state index contributed by atoms with van der Waals surface area (Å²) in [7, 11) is 1.68. The van der Waals surface area contributed by atoms with Crippen LogP contribution in [0.3, 0.4) is 0 Å². The number of carbonyl (C=O) groups is 1. The van der Waals surface area contributed by atoms with Crippen LogP contribution in [0.1, 0.15) is 37.7 Å². The fourth-order valence-electron chi connectivity index (χ4n) is 3.95. The molecule has 174 valence electrons. The summed E-state index contributed by atoms with van der Waals surface area (Å²) < 4.78 is 41.3. The van der Waals surface area contributed by atoms with Gasteiger partial charge >= 0.3 is 6.18 Å². The number of amides is 1. The van der Waals surface area contributed by atoms with Crippen molar-refractivity contribution in [2.75, 3.05) is 26.7 Å². The minimum Gasteiger partial charge on any atom is -0.484 e. The number of hydrogen-bond acceptors (Lipinski definition) is 3. The van der Waals surface area contributed by atoms with Gasteiger partial charge in [0, 0.05) is 38.6 Å². The summed E-state index contributed by atoms with van der Waals surface area (Å²) in [5.74, 6) is 1.29. The molecule has 2 aliphatic rings. The highest BCUT2D eigenvalue weighted by molar-refractivity contribution is 14.0. The third kappa shape index (κ3) is 8.04. The van der Waals surface area contributed by atoms with E-state index >= 15 is 0 Å². The number of halogens is 4. The predicted molar refractivity (Wildman–Crippen MR) is 124 cm³/mol. The molecule has 6 nitrogen and oxygen atoms in total. The van der Waals surface area contributed by atoms with E-state index in [4.69, 9.17) is 4.74 Å². The van der Waals surface area contributed by atoms with Crippen molar-refractivity contribution in [2.24, 2.45) is 10.9 Å². The summed E-state index contributed by atoms with van der Waals surface area (Å²) in [5, 5.41) is 6.56. The molecule has 3 rings (SSSR count). The van der Waals surface area contributed by atoms with Gasteiger partial charge in [-0.2, -0.15) is 13.2 Å². The van der Waals surface area contributed by atoms with Crippen LogP contribution in [0.25, 0.3) is 0 Å². The lowest BCUT2D eigenvalue weighted by Gasteiger charge is -2.21. The molecule has 1 aliphatic carbocycles. The zero-order valence-electron chi connectivity index (χ0n) is 17.6. The quantitative estimate of drug-likeness (QED) is 0.320. The first-order valence-corrected chi connectivity index (χ1v) is 10.4. The number of ether oxygens (including phenoxy) is 1. The molecule has 2 fully saturated rings. The maximum Gasteiger partial charge on any atom is 0.422 e. The number of aliphatic imine (C=N–C) groups is 1. The van der Waals surface area contributed by atoms with Gasteiger partial charge in [0.25, 0.3) is 0 Å². The van der Waals surface area contributed by atoms with Crippen LogP contribution in [-0.2, 0) is 11.3 Å². The Morgan fingerprint density at radius 1 is 1.19 bits per heavy atom. The average Bonchev–Trinajstić information content (AvgIpc) is 3.41. The Morgan fingerprint density at radius 3 is 2.48 bits per heavy atom. The van der Waals surface area contributed by atoms with Gasteiger partial charge in [-0.05, 0) is 37.0 Å². The van der Waals surface area contributed by atoms with Crippen molar-refractivity contribution in [3.8, 4) is 5.75 Å². The number of carbonyl (C=O) groups excluding carboxylic acids is 1. The molecule has 1 aliphatic heterocycles. The molecule has 1 heterocycles. The molecule has 0 bridgehead atoms. The lowest BCUT2D eigenvalue weighted by Crippen LogP contribution is -2.45. The second kappa shape index (κ2) is 11.8. The molecule has 31 heavy (non-hydrogen) atoms. The zero-order chi connectivity index (χ0) is 21.6. The van der Waals surface area contributed by atoms with Crippen molar-refractivity contribution in [2.45, 2.75) is 50.9 Å². The van der Waals surface area contributed by atoms with Crippen molar-refractivity contribution < 1.29 is 22.7 Å². The molecule has 1 unspecified atom stereocenters. The molecule has 10 heteroatoms. The van der Waals surface area contributed by atoms with Gasteiger partial charge in [0.15, 0.2) is 12.6 Å². The molecule has 1 saturated carbocycles. The Hall–Kier alpha value is -1.72. The first-order chi connectivity index (χ1) is 14.3. The van der Waals surface area contributed by atoms with Gasteiger partial charge in [0.1, 0.15) is 5.75 Å². The van der Waals surface area contributed by atoms with Crippen LogP contribution >= 0.6 is 24.0 Å². The van der Waals surface area contributed by atoms with Gasteiger partial charge in [-0.1, -0.05) is 25.0 Å². The zero-order valence-corrected chi connectivity index (χ0v) is 19.9. The molecular weight excluding hydrogens is 524 g/mol. The van der Waals surface area contributed by atoms with Crippen molar-refractivity contribution in [3.05, 3.63) is 29.8 Å². The predicted octanol–water partition coefficient (Wildman–Crippen LogP) is 3.70. The van der Waals surface area contributed by atoms with Crippen LogP contribution in [0.5, 0.6) is 5.75 Å². The fourth-order valence-corrected chi connectivity index (χ4v) is 3.95. The monoisotopic (exact) mass is 554 g/mol. The molecule has 1 atom stereocenters. The van der Waals surface area contributed by atoms with Gasteiger partial charge in [0.05, 0.1) is 0 Å². The molecule has 1 saturated heterocycles. The normalized spacial score (nSPS) is 19.8. The summed E-state index contributed by atoms with van der Waals surface area (Å²) in [4.78, 5) is 18.8. The van der Waals surface area contributed by atoms with E-state index < -0.39 is 12.8 Å². The van der Waals surface area contributed by atoms with Gasteiger partial charge < -0.3 is 20.3 Å². The van der Waals surface area contributed by atoms with E-state index in [1.165, 1.54) is 12.1 Å². The average molecular weight is 554 g/mol. The largest absolute Gasteiger partial charge is 0.484 e. The Bertz CT molecular complexity index is 737. The minimum absolute atomic E-state index is 0. The van der Waals surface area contributed by atoms with Crippen molar-refractivity contribution in [1.29, 1.82) is 0 Å². The Morgan fingerprint density at radius 2 is 1.87 bits per heavy atom. The number of benzene rings is 1. The SMILES string of the molecule is CN=C(NCc1ccc(OCC(F)(F)F)cc1)NC1CCN(C(=O)C2CCCC2)C1.I. The van der Waals surface area contributed by atoms with Gasteiger partial charge in [-0.3, -0.25) is 9.79 Å². The summed E-state index contributed by atoms with van der Waals surface area (Å²) in [5.41, 5.74) is 0.891. The Labute approximate surface area is 198 Å². The molecule has 2 N–H and O–H groups in total. The number of likely N-dealkylation sites (tertiary alicyclic amines) is 1. The Kier molecular flexibility index (Phi) is 9.70. The lowest BCUT2D eigenvalue weighted by molar-refractivity contribution is -0.153. The molecular formula is C21H30F3IN4O2. The summed E-state index contributed by atoms with van der Waals surface area (Å²) in [6, 6.07) is 6.61. The maximum atomic E-state index is 12.6. The van der Waals surface area contributed by atoms with Crippen molar-refractivity contribution in [1.82, 2.24) is 15.5 Å². The second-order valence-corrected chi connectivity index (χ2v) is 7.87. The van der Waals surface area contributed by atoms with Crippen molar-refractivity contribution in [3.63, 3.8) is 0 Å². The number of nitrogens with one attached hydrogen (secondary N) is 2. The summed E-state index contributed by atoms with van der Waals surface area (Å²) in [6.45, 7) is 0.615. The van der Waals surface area contributed by atoms with E-state index in [9.17, 15) is 18.0 Å². The van der Waals surface area contributed by atoms with Gasteiger partial charge in [-0.15, -0.1) is 24.0 Å². The first kappa shape index (κ1) is 25.5. The third-order valence-electron chi connectivity index (χ3n) is 5.55. The fraction of sp³-hybridized carbons (Fsp3) is 0.619. The van der Waals surface area contributed by atoms with E-state index in [0.29, 0.717) is 19.0 Å². The van der Waals surface area contributed by atoms with E-state index in [0.717, 1.165) is 44.2 Å². The smallest absolute Gasteiger partial charge is 0.422 e. The van der Waals surface area contributed by atoms with Crippen LogP contribution < -0.4 is 15.4 Å². The molecule has 1 aromatic carbocycles. The summed E-state index contributed by atoms with van der Waals surface area (Å²) in [6.07, 6.45) is 0.851. The molecule has 1 aromatic rings. The van der Waals surface area contributed by atoms with Crippen LogP contribution in [0.15, 0.2) is 29.3 Å².